The van der Waals surface area contributed by atoms with Crippen LogP contribution in [0, 0.1) is 17.2 Å². The normalized spacial score (nSPS) is 25.7. The number of nitrogens with zero attached hydrogens (tertiary/aromatic N) is 2. The van der Waals surface area contributed by atoms with Crippen molar-refractivity contribution in [2.24, 2.45) is 5.92 Å². The lowest BCUT2D eigenvalue weighted by Crippen LogP contribution is -2.51. The number of amides is 2. The molecule has 1 aromatic carbocycles. The van der Waals surface area contributed by atoms with Gasteiger partial charge in [0.25, 0.3) is 0 Å². The topological polar surface area (TPSA) is 77.4 Å². The molecular weight excluding hydrogens is 340 g/mol. The maximum Gasteiger partial charge on any atom is 0.318 e. The molecule has 0 bridgehead atoms. The molecule has 0 saturated carbocycles. The van der Waals surface area contributed by atoms with Gasteiger partial charge in [0.15, 0.2) is 0 Å². The molecule has 27 heavy (non-hydrogen) atoms. The second-order valence-electron chi connectivity index (χ2n) is 7.83. The molecule has 1 aromatic rings. The Hall–Kier alpha value is -2.10. The van der Waals surface area contributed by atoms with Crippen molar-refractivity contribution in [1.29, 1.82) is 5.26 Å². The first-order chi connectivity index (χ1) is 13.3. The van der Waals surface area contributed by atoms with E-state index in [1.54, 1.807) is 0 Å². The van der Waals surface area contributed by atoms with Crippen molar-refractivity contribution in [3.63, 3.8) is 0 Å². The first-order valence-electron chi connectivity index (χ1n) is 10.1. The van der Waals surface area contributed by atoms with Crippen molar-refractivity contribution < 1.29 is 9.53 Å². The van der Waals surface area contributed by atoms with Crippen LogP contribution in [0.1, 0.15) is 36.0 Å². The molecule has 0 spiro atoms. The van der Waals surface area contributed by atoms with E-state index in [1.165, 1.54) is 11.1 Å². The molecule has 0 radical (unpaired) electrons. The third-order valence-corrected chi connectivity index (χ3v) is 6.21. The average molecular weight is 368 g/mol. The summed E-state index contributed by atoms with van der Waals surface area (Å²) >= 11 is 0. The van der Waals surface area contributed by atoms with Crippen LogP contribution in [0.5, 0.6) is 0 Å². The smallest absolute Gasteiger partial charge is 0.318 e. The number of rotatable bonds is 3. The molecule has 0 unspecified atom stereocenters. The van der Waals surface area contributed by atoms with Gasteiger partial charge in [-0.25, -0.2) is 4.79 Å². The number of benzene rings is 1. The summed E-state index contributed by atoms with van der Waals surface area (Å²) in [6, 6.07) is 8.46. The largest absolute Gasteiger partial charge is 0.376 e. The van der Waals surface area contributed by atoms with Crippen LogP contribution in [-0.2, 0) is 24.1 Å². The Bertz CT molecular complexity index is 723. The van der Waals surface area contributed by atoms with E-state index in [0.29, 0.717) is 25.4 Å². The second-order valence-corrected chi connectivity index (χ2v) is 7.83. The van der Waals surface area contributed by atoms with Crippen LogP contribution in [0.4, 0.5) is 4.79 Å². The first-order valence-corrected chi connectivity index (χ1v) is 10.1. The number of piperidine rings is 1. The van der Waals surface area contributed by atoms with Gasteiger partial charge in [-0.15, -0.1) is 0 Å². The number of hydrogen-bond donors (Lipinski definition) is 2. The van der Waals surface area contributed by atoms with E-state index in [9.17, 15) is 4.79 Å². The molecule has 3 aliphatic rings. The molecule has 2 fully saturated rings. The van der Waals surface area contributed by atoms with Gasteiger partial charge in [-0.05, 0) is 61.4 Å². The third kappa shape index (κ3) is 3.95. The highest BCUT2D eigenvalue weighted by Gasteiger charge is 2.37. The fourth-order valence-corrected chi connectivity index (χ4v) is 4.77. The minimum atomic E-state index is 0.0146. The zero-order valence-electron chi connectivity index (χ0n) is 15.7. The molecule has 4 rings (SSSR count). The highest BCUT2D eigenvalue weighted by atomic mass is 16.5. The lowest BCUT2D eigenvalue weighted by molar-refractivity contribution is 0.0385. The number of hydrogen-bond acceptors (Lipinski definition) is 4. The SMILES string of the molecule is N#CCc1cccc2c1CCN(C(=O)N[C@@H]1CCO[C@H]1C1CCNCC1)C2. The lowest BCUT2D eigenvalue weighted by atomic mass is 9.88. The van der Waals surface area contributed by atoms with Gasteiger partial charge < -0.3 is 20.3 Å². The minimum Gasteiger partial charge on any atom is -0.376 e. The van der Waals surface area contributed by atoms with Gasteiger partial charge in [-0.2, -0.15) is 5.26 Å². The summed E-state index contributed by atoms with van der Waals surface area (Å²) in [7, 11) is 0. The second kappa shape index (κ2) is 8.28. The third-order valence-electron chi connectivity index (χ3n) is 6.21. The quantitative estimate of drug-likeness (QED) is 0.855. The van der Waals surface area contributed by atoms with Crippen molar-refractivity contribution in [3.05, 3.63) is 34.9 Å². The minimum absolute atomic E-state index is 0.0146. The first kappa shape index (κ1) is 18.3. The zero-order valence-corrected chi connectivity index (χ0v) is 15.7. The van der Waals surface area contributed by atoms with Crippen LogP contribution in [0.3, 0.4) is 0 Å². The number of carbonyl (C=O) groups is 1. The Labute approximate surface area is 160 Å². The number of nitriles is 1. The molecule has 2 atom stereocenters. The molecular formula is C21H28N4O2. The summed E-state index contributed by atoms with van der Waals surface area (Å²) in [6.07, 6.45) is 4.55. The van der Waals surface area contributed by atoms with Gasteiger partial charge in [0, 0.05) is 19.7 Å². The van der Waals surface area contributed by atoms with E-state index in [-0.39, 0.29) is 18.2 Å². The van der Waals surface area contributed by atoms with E-state index in [0.717, 1.165) is 50.9 Å². The summed E-state index contributed by atoms with van der Waals surface area (Å²) in [5, 5.41) is 15.7. The molecule has 6 heteroatoms. The Morgan fingerprint density at radius 1 is 1.33 bits per heavy atom. The van der Waals surface area contributed by atoms with Crippen molar-refractivity contribution in [1.82, 2.24) is 15.5 Å². The molecule has 3 aliphatic heterocycles. The lowest BCUT2D eigenvalue weighted by Gasteiger charge is -2.34. The van der Waals surface area contributed by atoms with Crippen LogP contribution in [0.25, 0.3) is 0 Å². The average Bonchev–Trinajstić information content (AvgIpc) is 3.17. The molecule has 2 amide bonds. The summed E-state index contributed by atoms with van der Waals surface area (Å²) in [5.41, 5.74) is 3.52. The summed E-state index contributed by atoms with van der Waals surface area (Å²) in [4.78, 5) is 14.8. The van der Waals surface area contributed by atoms with Gasteiger partial charge in [-0.3, -0.25) is 0 Å². The van der Waals surface area contributed by atoms with E-state index >= 15 is 0 Å². The number of urea groups is 1. The molecule has 0 aliphatic carbocycles. The predicted octanol–water partition coefficient (Wildman–Crippen LogP) is 1.98. The monoisotopic (exact) mass is 368 g/mol. The predicted molar refractivity (Wildman–Crippen MR) is 102 cm³/mol. The number of ether oxygens (including phenoxy) is 1. The van der Waals surface area contributed by atoms with Crippen LogP contribution < -0.4 is 10.6 Å². The Balaban J connectivity index is 1.39. The maximum atomic E-state index is 12.9. The fraction of sp³-hybridized carbons (Fsp3) is 0.619. The van der Waals surface area contributed by atoms with E-state index < -0.39 is 0 Å². The van der Waals surface area contributed by atoms with E-state index in [1.807, 2.05) is 17.0 Å². The Morgan fingerprint density at radius 2 is 2.19 bits per heavy atom. The maximum absolute atomic E-state index is 12.9. The molecule has 3 heterocycles. The summed E-state index contributed by atoms with van der Waals surface area (Å²) < 4.78 is 6.00. The number of fused-ring (bicyclic) bond motifs is 1. The molecule has 6 nitrogen and oxygen atoms in total. The van der Waals surface area contributed by atoms with Gasteiger partial charge in [0.2, 0.25) is 0 Å². The van der Waals surface area contributed by atoms with Crippen LogP contribution in [0.2, 0.25) is 0 Å². The highest BCUT2D eigenvalue weighted by molar-refractivity contribution is 5.75. The van der Waals surface area contributed by atoms with Crippen molar-refractivity contribution >= 4 is 6.03 Å². The van der Waals surface area contributed by atoms with Crippen molar-refractivity contribution in [2.75, 3.05) is 26.2 Å². The van der Waals surface area contributed by atoms with Crippen LogP contribution in [-0.4, -0.2) is 49.3 Å². The Kier molecular flexibility index (Phi) is 5.61. The molecule has 144 valence electrons. The summed E-state index contributed by atoms with van der Waals surface area (Å²) in [5.74, 6) is 0.537. The van der Waals surface area contributed by atoms with Crippen LogP contribution in [0.15, 0.2) is 18.2 Å². The van der Waals surface area contributed by atoms with Crippen LogP contribution >= 0.6 is 0 Å². The van der Waals surface area contributed by atoms with Crippen molar-refractivity contribution in [3.8, 4) is 6.07 Å². The van der Waals surface area contributed by atoms with E-state index in [2.05, 4.69) is 22.8 Å². The van der Waals surface area contributed by atoms with Gasteiger partial charge >= 0.3 is 6.03 Å². The van der Waals surface area contributed by atoms with Gasteiger partial charge in [-0.1, -0.05) is 18.2 Å². The summed E-state index contributed by atoms with van der Waals surface area (Å²) in [6.45, 7) is 4.14. The molecule has 2 N–H and O–H groups in total. The fourth-order valence-electron chi connectivity index (χ4n) is 4.77. The number of carbonyl (C=O) groups excluding carboxylic acids is 1. The van der Waals surface area contributed by atoms with Crippen molar-refractivity contribution in [2.45, 2.75) is 50.8 Å². The zero-order chi connectivity index (χ0) is 18.6. The molecule has 2 saturated heterocycles. The van der Waals surface area contributed by atoms with Gasteiger partial charge in [0.1, 0.15) is 0 Å². The number of nitrogens with one attached hydrogen (secondary N) is 2. The molecule has 0 aromatic heterocycles. The Morgan fingerprint density at radius 3 is 3.00 bits per heavy atom. The standard InChI is InChI=1S/C21H28N4O2/c22-9-4-15-2-1-3-17-14-25(12-7-18(15)17)21(26)24-19-8-13-27-20(19)16-5-10-23-11-6-16/h1-3,16,19-20,23H,4-8,10-14H2,(H,24,26)/t19-,20+/m1/s1. The highest BCUT2D eigenvalue weighted by Crippen LogP contribution is 2.28. The van der Waals surface area contributed by atoms with E-state index in [4.69, 9.17) is 10.00 Å². The van der Waals surface area contributed by atoms with Gasteiger partial charge in [0.05, 0.1) is 24.6 Å².